The zero-order valence-electron chi connectivity index (χ0n) is 11.7. The third-order valence-corrected chi connectivity index (χ3v) is 4.87. The maximum absolute atomic E-state index is 6.17. The molecule has 2 aliphatic rings. The molecule has 0 spiro atoms. The van der Waals surface area contributed by atoms with Crippen molar-refractivity contribution in [2.45, 2.75) is 70.9 Å². The van der Waals surface area contributed by atoms with E-state index < -0.39 is 0 Å². The van der Waals surface area contributed by atoms with Gasteiger partial charge in [-0.2, -0.15) is 0 Å². The lowest BCUT2D eigenvalue weighted by Gasteiger charge is -2.40. The van der Waals surface area contributed by atoms with Gasteiger partial charge in [-0.15, -0.1) is 0 Å². The highest BCUT2D eigenvalue weighted by molar-refractivity contribution is 4.85. The number of nitrogens with two attached hydrogens (primary N) is 1. The number of piperidine rings is 1. The Bertz CT molecular complexity index is 219. The molecule has 1 saturated carbocycles. The van der Waals surface area contributed by atoms with Gasteiger partial charge in [0, 0.05) is 25.2 Å². The van der Waals surface area contributed by atoms with Crippen molar-refractivity contribution in [2.24, 2.45) is 17.6 Å². The summed E-state index contributed by atoms with van der Waals surface area (Å²) in [6.07, 6.45) is 9.77. The molecule has 1 heterocycles. The highest BCUT2D eigenvalue weighted by Gasteiger charge is 2.29. The van der Waals surface area contributed by atoms with Crippen molar-refractivity contribution in [3.63, 3.8) is 0 Å². The predicted octanol–water partition coefficient (Wildman–Crippen LogP) is 3.01. The summed E-state index contributed by atoms with van der Waals surface area (Å²) in [7, 11) is 0. The van der Waals surface area contributed by atoms with E-state index in [0.717, 1.165) is 24.4 Å². The van der Waals surface area contributed by atoms with Crippen LogP contribution in [0.25, 0.3) is 0 Å². The molecule has 17 heavy (non-hydrogen) atoms. The monoisotopic (exact) mass is 238 g/mol. The number of nitrogens with zero attached hydrogens (tertiary/aromatic N) is 1. The van der Waals surface area contributed by atoms with Gasteiger partial charge in [0.05, 0.1) is 0 Å². The fourth-order valence-electron chi connectivity index (χ4n) is 3.87. The minimum Gasteiger partial charge on any atom is -0.327 e. The van der Waals surface area contributed by atoms with Crippen LogP contribution in [0.5, 0.6) is 0 Å². The Morgan fingerprint density at radius 2 is 1.94 bits per heavy atom. The van der Waals surface area contributed by atoms with Crippen LogP contribution in [-0.2, 0) is 0 Å². The Morgan fingerprint density at radius 1 is 1.12 bits per heavy atom. The molecule has 0 bridgehead atoms. The van der Waals surface area contributed by atoms with E-state index in [4.69, 9.17) is 5.73 Å². The van der Waals surface area contributed by atoms with Crippen LogP contribution in [0.1, 0.15) is 58.8 Å². The average molecular weight is 238 g/mol. The molecule has 2 nitrogen and oxygen atoms in total. The van der Waals surface area contributed by atoms with Crippen molar-refractivity contribution in [1.29, 1.82) is 0 Å². The maximum Gasteiger partial charge on any atom is 0.0170 e. The minimum absolute atomic E-state index is 0.420. The van der Waals surface area contributed by atoms with Gasteiger partial charge in [0.15, 0.2) is 0 Å². The summed E-state index contributed by atoms with van der Waals surface area (Å²) in [5.74, 6) is 1.79. The first-order valence-electron chi connectivity index (χ1n) is 7.68. The molecule has 2 N–H and O–H groups in total. The van der Waals surface area contributed by atoms with Crippen molar-refractivity contribution in [3.05, 3.63) is 0 Å². The molecule has 2 rings (SSSR count). The Morgan fingerprint density at radius 3 is 2.65 bits per heavy atom. The van der Waals surface area contributed by atoms with Crippen molar-refractivity contribution in [2.75, 3.05) is 13.1 Å². The Hall–Kier alpha value is -0.0800. The van der Waals surface area contributed by atoms with E-state index in [2.05, 4.69) is 18.7 Å². The van der Waals surface area contributed by atoms with E-state index in [1.807, 2.05) is 0 Å². The molecule has 0 aromatic rings. The smallest absolute Gasteiger partial charge is 0.0170 e. The second-order valence-corrected chi connectivity index (χ2v) is 6.49. The van der Waals surface area contributed by atoms with E-state index in [1.165, 1.54) is 51.5 Å². The Balaban J connectivity index is 1.88. The predicted molar refractivity (Wildman–Crippen MR) is 74.0 cm³/mol. The van der Waals surface area contributed by atoms with E-state index in [0.29, 0.717) is 6.04 Å². The van der Waals surface area contributed by atoms with Gasteiger partial charge in [-0.1, -0.05) is 33.1 Å². The molecule has 0 amide bonds. The standard InChI is InChI=1S/C15H30N2/c1-3-13-5-4-6-15(8-7-13)17-10-12(2)9-14(16)11-17/h12-15H,3-11,16H2,1-2H3. The van der Waals surface area contributed by atoms with Crippen LogP contribution in [0.3, 0.4) is 0 Å². The molecule has 0 aromatic carbocycles. The first-order valence-corrected chi connectivity index (χ1v) is 7.68. The van der Waals surface area contributed by atoms with E-state index in [1.54, 1.807) is 0 Å². The van der Waals surface area contributed by atoms with Crippen molar-refractivity contribution < 1.29 is 0 Å². The number of rotatable bonds is 2. The quantitative estimate of drug-likeness (QED) is 0.749. The summed E-state index contributed by atoms with van der Waals surface area (Å²) in [6, 6.07) is 1.25. The van der Waals surface area contributed by atoms with Crippen LogP contribution in [-0.4, -0.2) is 30.1 Å². The number of hydrogen-bond donors (Lipinski definition) is 1. The molecule has 4 unspecified atom stereocenters. The molecule has 4 atom stereocenters. The summed E-state index contributed by atoms with van der Waals surface area (Å²) in [6.45, 7) is 7.14. The maximum atomic E-state index is 6.17. The molecular formula is C15H30N2. The summed E-state index contributed by atoms with van der Waals surface area (Å²) < 4.78 is 0. The molecule has 2 heteroatoms. The zero-order valence-corrected chi connectivity index (χ0v) is 11.7. The van der Waals surface area contributed by atoms with Crippen LogP contribution in [0.15, 0.2) is 0 Å². The average Bonchev–Trinajstić information content (AvgIpc) is 2.52. The molecule has 0 aromatic heterocycles. The van der Waals surface area contributed by atoms with Crippen molar-refractivity contribution >= 4 is 0 Å². The topological polar surface area (TPSA) is 29.3 Å². The van der Waals surface area contributed by atoms with Crippen LogP contribution in [0, 0.1) is 11.8 Å². The van der Waals surface area contributed by atoms with Gasteiger partial charge in [0.1, 0.15) is 0 Å². The first-order chi connectivity index (χ1) is 8.19. The highest BCUT2D eigenvalue weighted by atomic mass is 15.2. The van der Waals surface area contributed by atoms with E-state index in [9.17, 15) is 0 Å². The largest absolute Gasteiger partial charge is 0.327 e. The first kappa shape index (κ1) is 13.4. The summed E-state index contributed by atoms with van der Waals surface area (Å²) in [5.41, 5.74) is 6.17. The number of likely N-dealkylation sites (tertiary alicyclic amines) is 1. The van der Waals surface area contributed by atoms with E-state index >= 15 is 0 Å². The lowest BCUT2D eigenvalue weighted by Crippen LogP contribution is -2.50. The van der Waals surface area contributed by atoms with Gasteiger partial charge < -0.3 is 5.73 Å². The van der Waals surface area contributed by atoms with Gasteiger partial charge in [-0.3, -0.25) is 4.90 Å². The number of hydrogen-bond acceptors (Lipinski definition) is 2. The molecular weight excluding hydrogens is 208 g/mol. The summed E-state index contributed by atoms with van der Waals surface area (Å²) in [4.78, 5) is 2.71. The Kier molecular flexibility index (Phi) is 4.87. The van der Waals surface area contributed by atoms with Crippen LogP contribution >= 0.6 is 0 Å². The van der Waals surface area contributed by atoms with Crippen LogP contribution < -0.4 is 5.73 Å². The third kappa shape index (κ3) is 3.69. The van der Waals surface area contributed by atoms with Crippen LogP contribution in [0.2, 0.25) is 0 Å². The third-order valence-electron chi connectivity index (χ3n) is 4.87. The lowest BCUT2D eigenvalue weighted by atomic mass is 9.93. The van der Waals surface area contributed by atoms with Gasteiger partial charge >= 0.3 is 0 Å². The Labute approximate surface area is 107 Å². The fraction of sp³-hybridized carbons (Fsp3) is 1.00. The van der Waals surface area contributed by atoms with E-state index in [-0.39, 0.29) is 0 Å². The molecule has 1 saturated heterocycles. The molecule has 2 fully saturated rings. The van der Waals surface area contributed by atoms with Crippen molar-refractivity contribution in [3.8, 4) is 0 Å². The van der Waals surface area contributed by atoms with Gasteiger partial charge in [0.2, 0.25) is 0 Å². The molecule has 100 valence electrons. The fourth-order valence-corrected chi connectivity index (χ4v) is 3.87. The highest BCUT2D eigenvalue weighted by Crippen LogP contribution is 2.30. The van der Waals surface area contributed by atoms with Crippen LogP contribution in [0.4, 0.5) is 0 Å². The zero-order chi connectivity index (χ0) is 12.3. The molecule has 1 aliphatic heterocycles. The van der Waals surface area contributed by atoms with Gasteiger partial charge in [-0.05, 0) is 37.5 Å². The minimum atomic E-state index is 0.420. The SMILES string of the molecule is CCC1CCCC(N2CC(C)CC(N)C2)CC1. The van der Waals surface area contributed by atoms with Gasteiger partial charge in [-0.25, -0.2) is 0 Å². The molecule has 0 radical (unpaired) electrons. The summed E-state index contributed by atoms with van der Waals surface area (Å²) in [5, 5.41) is 0. The lowest BCUT2D eigenvalue weighted by molar-refractivity contribution is 0.105. The second kappa shape index (κ2) is 6.19. The van der Waals surface area contributed by atoms with Crippen molar-refractivity contribution in [1.82, 2.24) is 4.90 Å². The normalized spacial score (nSPS) is 41.1. The van der Waals surface area contributed by atoms with Gasteiger partial charge in [0.25, 0.3) is 0 Å². The second-order valence-electron chi connectivity index (χ2n) is 6.49. The summed E-state index contributed by atoms with van der Waals surface area (Å²) >= 11 is 0. The molecule has 1 aliphatic carbocycles.